The van der Waals surface area contributed by atoms with Crippen LogP contribution in [0.25, 0.3) is 0 Å². The minimum absolute atomic E-state index is 0.190. The fourth-order valence-electron chi connectivity index (χ4n) is 2.34. The molecule has 3 heteroatoms. The molecule has 1 fully saturated rings. The third-order valence-electron chi connectivity index (χ3n) is 3.99. The van der Waals surface area contributed by atoms with Crippen molar-refractivity contribution in [1.82, 2.24) is 4.90 Å². The van der Waals surface area contributed by atoms with Crippen molar-refractivity contribution < 1.29 is 4.79 Å². The lowest BCUT2D eigenvalue weighted by molar-refractivity contribution is -0.131. The van der Waals surface area contributed by atoms with Crippen LogP contribution in [0.2, 0.25) is 0 Å². The molecule has 0 bridgehead atoms. The van der Waals surface area contributed by atoms with Crippen LogP contribution in [0.15, 0.2) is 24.3 Å². The molecular formula is C15H22N2O. The molecule has 1 unspecified atom stereocenters. The summed E-state index contributed by atoms with van der Waals surface area (Å²) in [5.74, 6) is 0.902. The summed E-state index contributed by atoms with van der Waals surface area (Å²) in [7, 11) is 1.91. The molecule has 1 amide bonds. The second-order valence-corrected chi connectivity index (χ2v) is 5.23. The van der Waals surface area contributed by atoms with Crippen LogP contribution in [-0.4, -0.2) is 23.9 Å². The molecule has 1 aliphatic carbocycles. The minimum Gasteiger partial charge on any atom is -0.342 e. The zero-order valence-corrected chi connectivity index (χ0v) is 11.2. The van der Waals surface area contributed by atoms with E-state index in [-0.39, 0.29) is 5.91 Å². The summed E-state index contributed by atoms with van der Waals surface area (Å²) < 4.78 is 0. The second kappa shape index (κ2) is 5.53. The van der Waals surface area contributed by atoms with Gasteiger partial charge in [-0.2, -0.15) is 0 Å². The van der Waals surface area contributed by atoms with Gasteiger partial charge in [0.1, 0.15) is 0 Å². The van der Waals surface area contributed by atoms with Gasteiger partial charge < -0.3 is 10.6 Å². The van der Waals surface area contributed by atoms with Gasteiger partial charge in [0, 0.05) is 19.6 Å². The van der Waals surface area contributed by atoms with Crippen molar-refractivity contribution in [3.8, 4) is 0 Å². The fraction of sp³-hybridized carbons (Fsp3) is 0.533. The number of carbonyl (C=O) groups excluding carboxylic acids is 1. The number of hydrogen-bond donors (Lipinski definition) is 1. The smallest absolute Gasteiger partial charge is 0.226 e. The first-order valence-electron chi connectivity index (χ1n) is 6.66. The molecule has 0 heterocycles. The van der Waals surface area contributed by atoms with Crippen molar-refractivity contribution >= 4 is 5.91 Å². The van der Waals surface area contributed by atoms with Crippen LogP contribution in [0.3, 0.4) is 0 Å². The maximum absolute atomic E-state index is 12.2. The second-order valence-electron chi connectivity index (χ2n) is 5.23. The number of nitrogens with two attached hydrogens (primary N) is 1. The van der Waals surface area contributed by atoms with Gasteiger partial charge in [-0.3, -0.25) is 4.79 Å². The maximum Gasteiger partial charge on any atom is 0.226 e. The summed E-state index contributed by atoms with van der Waals surface area (Å²) in [6.07, 6.45) is 2.98. The largest absolute Gasteiger partial charge is 0.342 e. The van der Waals surface area contributed by atoms with Crippen molar-refractivity contribution in [3.05, 3.63) is 35.4 Å². The van der Waals surface area contributed by atoms with Gasteiger partial charge >= 0.3 is 0 Å². The molecule has 98 valence electrons. The molecule has 2 rings (SSSR count). The molecular weight excluding hydrogens is 224 g/mol. The molecule has 1 saturated carbocycles. The summed E-state index contributed by atoms with van der Waals surface area (Å²) in [5.41, 5.74) is 7.82. The average molecular weight is 246 g/mol. The number of carbonyl (C=O) groups is 1. The predicted molar refractivity (Wildman–Crippen MR) is 73.0 cm³/mol. The first-order chi connectivity index (χ1) is 8.63. The first kappa shape index (κ1) is 13.1. The van der Waals surface area contributed by atoms with Crippen LogP contribution in [0.1, 0.15) is 30.9 Å². The normalized spacial score (nSPS) is 16.4. The Balaban J connectivity index is 2.01. The van der Waals surface area contributed by atoms with Crippen molar-refractivity contribution in [1.29, 1.82) is 0 Å². The summed E-state index contributed by atoms with van der Waals surface area (Å²) in [6, 6.07) is 8.28. The molecule has 18 heavy (non-hydrogen) atoms. The zero-order chi connectivity index (χ0) is 13.1. The first-order valence-corrected chi connectivity index (χ1v) is 6.66. The van der Waals surface area contributed by atoms with E-state index in [1.165, 1.54) is 12.8 Å². The van der Waals surface area contributed by atoms with Crippen molar-refractivity contribution in [3.63, 3.8) is 0 Å². The third-order valence-corrected chi connectivity index (χ3v) is 3.99. The summed E-state index contributed by atoms with van der Waals surface area (Å²) in [6.45, 7) is 2.63. The fourth-order valence-corrected chi connectivity index (χ4v) is 2.34. The quantitative estimate of drug-likeness (QED) is 0.863. The molecule has 1 aliphatic rings. The Kier molecular flexibility index (Phi) is 4.02. The van der Waals surface area contributed by atoms with Gasteiger partial charge in [0.05, 0.1) is 6.42 Å². The number of nitrogens with zero attached hydrogens (tertiary/aromatic N) is 1. The van der Waals surface area contributed by atoms with Gasteiger partial charge in [-0.05, 0) is 36.8 Å². The van der Waals surface area contributed by atoms with Crippen LogP contribution in [0, 0.1) is 5.92 Å². The molecule has 3 nitrogen and oxygen atoms in total. The predicted octanol–water partition coefficient (Wildman–Crippen LogP) is 1.94. The summed E-state index contributed by atoms with van der Waals surface area (Å²) >= 11 is 0. The highest BCUT2D eigenvalue weighted by Gasteiger charge is 2.32. The molecule has 0 saturated heterocycles. The summed E-state index contributed by atoms with van der Waals surface area (Å²) in [4.78, 5) is 14.1. The van der Waals surface area contributed by atoms with Crippen LogP contribution >= 0.6 is 0 Å². The van der Waals surface area contributed by atoms with Crippen LogP contribution in [-0.2, 0) is 17.8 Å². The van der Waals surface area contributed by atoms with Gasteiger partial charge in [0.25, 0.3) is 0 Å². The lowest BCUT2D eigenvalue weighted by atomic mass is 10.0. The van der Waals surface area contributed by atoms with E-state index in [0.717, 1.165) is 11.1 Å². The molecule has 2 N–H and O–H groups in total. The van der Waals surface area contributed by atoms with E-state index < -0.39 is 0 Å². The Morgan fingerprint density at radius 2 is 2.00 bits per heavy atom. The van der Waals surface area contributed by atoms with Crippen molar-refractivity contribution in [2.75, 3.05) is 7.05 Å². The summed E-state index contributed by atoms with van der Waals surface area (Å²) in [5, 5.41) is 0. The molecule has 0 aromatic heterocycles. The molecule has 1 atom stereocenters. The highest BCUT2D eigenvalue weighted by molar-refractivity contribution is 5.79. The van der Waals surface area contributed by atoms with E-state index in [1.54, 1.807) is 0 Å². The van der Waals surface area contributed by atoms with E-state index in [4.69, 9.17) is 5.73 Å². The van der Waals surface area contributed by atoms with Gasteiger partial charge in [0.2, 0.25) is 5.91 Å². The number of likely N-dealkylation sites (N-methyl/N-ethyl adjacent to an activating group) is 1. The van der Waals surface area contributed by atoms with E-state index in [2.05, 4.69) is 6.92 Å². The molecule has 0 spiro atoms. The van der Waals surface area contributed by atoms with E-state index >= 15 is 0 Å². The zero-order valence-electron chi connectivity index (χ0n) is 11.2. The average Bonchev–Trinajstić information content (AvgIpc) is 3.22. The lowest BCUT2D eigenvalue weighted by Gasteiger charge is -2.25. The van der Waals surface area contributed by atoms with Crippen LogP contribution in [0.4, 0.5) is 0 Å². The Morgan fingerprint density at radius 1 is 1.39 bits per heavy atom. The Bertz CT molecular complexity index is 426. The molecule has 0 aliphatic heterocycles. The van der Waals surface area contributed by atoms with Gasteiger partial charge in [-0.25, -0.2) is 0 Å². The Labute approximate surface area is 109 Å². The highest BCUT2D eigenvalue weighted by Crippen LogP contribution is 2.34. The highest BCUT2D eigenvalue weighted by atomic mass is 16.2. The number of benzene rings is 1. The number of rotatable bonds is 5. The third kappa shape index (κ3) is 2.91. The standard InChI is InChI=1S/C15H22N2O/c1-11(12-7-8-12)17(2)15(18)9-13-5-3-4-6-14(13)10-16/h3-6,11-12H,7-10,16H2,1-2H3. The lowest BCUT2D eigenvalue weighted by Crippen LogP contribution is -2.37. The molecule has 1 aromatic carbocycles. The minimum atomic E-state index is 0.190. The SMILES string of the molecule is CC(C1CC1)N(C)C(=O)Cc1ccccc1CN. The topological polar surface area (TPSA) is 46.3 Å². The molecule has 1 aromatic rings. The van der Waals surface area contributed by atoms with Gasteiger partial charge in [-0.15, -0.1) is 0 Å². The van der Waals surface area contributed by atoms with Crippen molar-refractivity contribution in [2.24, 2.45) is 11.7 Å². The van der Waals surface area contributed by atoms with E-state index in [1.807, 2.05) is 36.2 Å². The van der Waals surface area contributed by atoms with Gasteiger partial charge in [-0.1, -0.05) is 24.3 Å². The number of amides is 1. The Hall–Kier alpha value is -1.35. The van der Waals surface area contributed by atoms with Crippen LogP contribution < -0.4 is 5.73 Å². The number of hydrogen-bond acceptors (Lipinski definition) is 2. The monoisotopic (exact) mass is 246 g/mol. The maximum atomic E-state index is 12.2. The van der Waals surface area contributed by atoms with Crippen molar-refractivity contribution in [2.45, 2.75) is 38.8 Å². The van der Waals surface area contributed by atoms with E-state index in [0.29, 0.717) is 24.9 Å². The molecule has 0 radical (unpaired) electrons. The van der Waals surface area contributed by atoms with Crippen LogP contribution in [0.5, 0.6) is 0 Å². The Morgan fingerprint density at radius 3 is 2.56 bits per heavy atom. The van der Waals surface area contributed by atoms with Gasteiger partial charge in [0.15, 0.2) is 0 Å². The van der Waals surface area contributed by atoms with E-state index in [9.17, 15) is 4.79 Å².